The highest BCUT2D eigenvalue weighted by Gasteiger charge is 2.10. The van der Waals surface area contributed by atoms with Crippen LogP contribution in [-0.4, -0.2) is 26.4 Å². The molecule has 1 N–H and O–H groups in total. The van der Waals surface area contributed by atoms with Gasteiger partial charge >= 0.3 is 6.01 Å². The van der Waals surface area contributed by atoms with Crippen LogP contribution < -0.4 is 5.32 Å². The van der Waals surface area contributed by atoms with Crippen LogP contribution in [0, 0.1) is 0 Å². The fourth-order valence-electron chi connectivity index (χ4n) is 1.05. The second-order valence-corrected chi connectivity index (χ2v) is 3.19. The average molecular weight is 217 g/mol. The lowest BCUT2D eigenvalue weighted by Crippen LogP contribution is -2.11. The van der Waals surface area contributed by atoms with Crippen molar-refractivity contribution in [2.45, 2.75) is 13.0 Å². The Morgan fingerprint density at radius 1 is 1.44 bits per heavy atom. The first-order valence-corrected chi connectivity index (χ1v) is 4.80. The van der Waals surface area contributed by atoms with Crippen molar-refractivity contribution in [1.29, 1.82) is 0 Å². The lowest BCUT2D eigenvalue weighted by Gasteiger charge is -2.03. The highest BCUT2D eigenvalue weighted by Crippen LogP contribution is 2.16. The van der Waals surface area contributed by atoms with E-state index >= 15 is 0 Å². The maximum Gasteiger partial charge on any atom is 0.316 e. The van der Waals surface area contributed by atoms with Crippen molar-refractivity contribution in [1.82, 2.24) is 20.4 Å². The minimum Gasteiger partial charge on any atom is -0.402 e. The lowest BCUT2D eigenvalue weighted by molar-refractivity contribution is 0.574. The van der Waals surface area contributed by atoms with Gasteiger partial charge in [0.05, 0.1) is 0 Å². The Morgan fingerprint density at radius 3 is 3.00 bits per heavy atom. The molecule has 0 saturated heterocycles. The third kappa shape index (κ3) is 2.22. The zero-order valence-corrected chi connectivity index (χ0v) is 8.79. The van der Waals surface area contributed by atoms with E-state index in [2.05, 4.69) is 32.3 Å². The van der Waals surface area contributed by atoms with Crippen molar-refractivity contribution in [3.05, 3.63) is 31.0 Å². The molecule has 0 aromatic carbocycles. The quantitative estimate of drug-likeness (QED) is 0.782. The van der Waals surface area contributed by atoms with E-state index in [1.807, 2.05) is 6.92 Å². The van der Waals surface area contributed by atoms with Crippen LogP contribution in [0.3, 0.4) is 0 Å². The summed E-state index contributed by atoms with van der Waals surface area (Å²) in [7, 11) is 0. The molecule has 0 bridgehead atoms. The topological polar surface area (TPSA) is 76.7 Å². The maximum absolute atomic E-state index is 5.36. The van der Waals surface area contributed by atoms with Crippen molar-refractivity contribution >= 4 is 6.01 Å². The van der Waals surface area contributed by atoms with E-state index in [0.29, 0.717) is 17.6 Å². The minimum absolute atomic E-state index is 0.0650. The van der Waals surface area contributed by atoms with Crippen molar-refractivity contribution in [3.63, 3.8) is 0 Å². The van der Waals surface area contributed by atoms with Crippen LogP contribution >= 0.6 is 0 Å². The average Bonchev–Trinajstić information content (AvgIpc) is 2.78. The van der Waals surface area contributed by atoms with Gasteiger partial charge in [-0.25, -0.2) is 0 Å². The number of anilines is 1. The molecule has 0 aliphatic rings. The molecule has 2 rings (SSSR count). The van der Waals surface area contributed by atoms with Gasteiger partial charge in [0, 0.05) is 12.2 Å². The first-order chi connectivity index (χ1) is 7.79. The summed E-state index contributed by atoms with van der Waals surface area (Å²) in [5.74, 6) is 0.340. The van der Waals surface area contributed by atoms with Gasteiger partial charge in [0.1, 0.15) is 5.69 Å². The van der Waals surface area contributed by atoms with Crippen molar-refractivity contribution < 1.29 is 4.42 Å². The van der Waals surface area contributed by atoms with E-state index in [1.165, 1.54) is 0 Å². The normalized spacial score (nSPS) is 12.1. The largest absolute Gasteiger partial charge is 0.402 e. The fourth-order valence-corrected chi connectivity index (χ4v) is 1.05. The number of rotatable bonds is 4. The van der Waals surface area contributed by atoms with Crippen LogP contribution in [0.1, 0.15) is 6.92 Å². The molecule has 0 radical (unpaired) electrons. The second kappa shape index (κ2) is 4.52. The second-order valence-electron chi connectivity index (χ2n) is 3.19. The van der Waals surface area contributed by atoms with Gasteiger partial charge < -0.3 is 9.73 Å². The predicted molar refractivity (Wildman–Crippen MR) is 58.6 cm³/mol. The smallest absolute Gasteiger partial charge is 0.316 e. The molecule has 2 aromatic rings. The summed E-state index contributed by atoms with van der Waals surface area (Å²) in [5.41, 5.74) is 0.550. The summed E-state index contributed by atoms with van der Waals surface area (Å²) in [4.78, 5) is 0. The summed E-state index contributed by atoms with van der Waals surface area (Å²) in [6, 6.07) is 3.91. The Balaban J connectivity index is 2.17. The molecule has 6 heteroatoms. The van der Waals surface area contributed by atoms with Crippen molar-refractivity contribution in [2.75, 3.05) is 5.32 Å². The molecule has 6 nitrogen and oxygen atoms in total. The molecule has 0 saturated carbocycles. The molecule has 0 amide bonds. The Hall–Kier alpha value is -2.24. The monoisotopic (exact) mass is 217 g/mol. The van der Waals surface area contributed by atoms with Crippen LogP contribution in [-0.2, 0) is 0 Å². The van der Waals surface area contributed by atoms with Crippen LogP contribution in [0.15, 0.2) is 35.4 Å². The Kier molecular flexibility index (Phi) is 2.90. The van der Waals surface area contributed by atoms with Gasteiger partial charge in [-0.3, -0.25) is 0 Å². The number of nitrogens with one attached hydrogen (secondary N) is 1. The Labute approximate surface area is 92.4 Å². The van der Waals surface area contributed by atoms with Gasteiger partial charge in [-0.05, 0) is 19.1 Å². The van der Waals surface area contributed by atoms with Gasteiger partial charge in [0.25, 0.3) is 5.89 Å². The van der Waals surface area contributed by atoms with E-state index in [9.17, 15) is 0 Å². The number of aromatic nitrogens is 4. The van der Waals surface area contributed by atoms with Gasteiger partial charge in [0.2, 0.25) is 0 Å². The zero-order chi connectivity index (χ0) is 11.4. The van der Waals surface area contributed by atoms with Gasteiger partial charge in [-0.15, -0.1) is 16.8 Å². The molecule has 0 aliphatic carbocycles. The highest BCUT2D eigenvalue weighted by atomic mass is 16.4. The summed E-state index contributed by atoms with van der Waals surface area (Å²) in [6.45, 7) is 5.58. The zero-order valence-electron chi connectivity index (χ0n) is 8.79. The first-order valence-electron chi connectivity index (χ1n) is 4.80. The molecule has 1 unspecified atom stereocenters. The van der Waals surface area contributed by atoms with Crippen LogP contribution in [0.4, 0.5) is 6.01 Å². The minimum atomic E-state index is 0.0650. The van der Waals surface area contributed by atoms with E-state index < -0.39 is 0 Å². The molecule has 2 heterocycles. The molecule has 82 valence electrons. The number of hydrogen-bond donors (Lipinski definition) is 1. The Bertz CT molecular complexity index is 467. The van der Waals surface area contributed by atoms with Crippen LogP contribution in [0.5, 0.6) is 0 Å². The first kappa shape index (κ1) is 10.3. The molecular formula is C10H11N5O. The standard InChI is InChI=1S/C10H11N5O/c1-3-7(2)12-10-15-14-9(16-10)8-5-4-6-11-13-8/h3-7H,1H2,2H3,(H,12,15). The molecule has 0 spiro atoms. The predicted octanol–water partition coefficient (Wildman–Crippen LogP) is 1.51. The summed E-state index contributed by atoms with van der Waals surface area (Å²) >= 11 is 0. The summed E-state index contributed by atoms with van der Waals surface area (Å²) in [6.07, 6.45) is 3.32. The van der Waals surface area contributed by atoms with Crippen molar-refractivity contribution in [3.8, 4) is 11.6 Å². The van der Waals surface area contributed by atoms with E-state index in [4.69, 9.17) is 4.42 Å². The molecule has 2 aromatic heterocycles. The van der Waals surface area contributed by atoms with Crippen LogP contribution in [0.2, 0.25) is 0 Å². The van der Waals surface area contributed by atoms with Crippen molar-refractivity contribution in [2.24, 2.45) is 0 Å². The van der Waals surface area contributed by atoms with E-state index in [1.54, 1.807) is 24.4 Å². The number of nitrogens with zero attached hydrogens (tertiary/aromatic N) is 4. The molecule has 1 atom stereocenters. The third-order valence-corrected chi connectivity index (χ3v) is 1.92. The molecular weight excluding hydrogens is 206 g/mol. The summed E-state index contributed by atoms with van der Waals surface area (Å²) < 4.78 is 5.36. The fraction of sp³-hybridized carbons (Fsp3) is 0.200. The van der Waals surface area contributed by atoms with Crippen LogP contribution in [0.25, 0.3) is 11.6 Å². The van der Waals surface area contributed by atoms with Gasteiger partial charge in [-0.1, -0.05) is 11.2 Å². The molecule has 16 heavy (non-hydrogen) atoms. The maximum atomic E-state index is 5.36. The Morgan fingerprint density at radius 2 is 2.31 bits per heavy atom. The lowest BCUT2D eigenvalue weighted by atomic mass is 10.3. The van der Waals surface area contributed by atoms with Gasteiger partial charge in [-0.2, -0.15) is 5.10 Å². The number of hydrogen-bond acceptors (Lipinski definition) is 6. The summed E-state index contributed by atoms with van der Waals surface area (Å²) in [5, 5.41) is 18.3. The van der Waals surface area contributed by atoms with Gasteiger partial charge in [0.15, 0.2) is 0 Å². The SMILES string of the molecule is C=CC(C)Nc1nnc(-c2cccnn2)o1. The third-order valence-electron chi connectivity index (χ3n) is 1.92. The highest BCUT2D eigenvalue weighted by molar-refractivity contribution is 5.45. The molecule has 0 fully saturated rings. The molecule has 0 aliphatic heterocycles. The van der Waals surface area contributed by atoms with E-state index in [0.717, 1.165) is 0 Å². The van der Waals surface area contributed by atoms with E-state index in [-0.39, 0.29) is 6.04 Å².